The van der Waals surface area contributed by atoms with Crippen molar-refractivity contribution in [2.75, 3.05) is 6.61 Å². The second kappa shape index (κ2) is 8.30. The number of pyridine rings is 2. The number of benzene rings is 1. The van der Waals surface area contributed by atoms with Crippen LogP contribution in [0.1, 0.15) is 38.9 Å². The summed E-state index contributed by atoms with van der Waals surface area (Å²) in [6.45, 7) is 1.80. The molecule has 0 spiro atoms. The largest absolute Gasteiger partial charge is 0.507 e. The van der Waals surface area contributed by atoms with E-state index in [-0.39, 0.29) is 35.6 Å². The van der Waals surface area contributed by atoms with Crippen LogP contribution in [-0.4, -0.2) is 33.0 Å². The fraction of sp³-hybridized carbons (Fsp3) is 0.143. The van der Waals surface area contributed by atoms with Gasteiger partial charge in [0.15, 0.2) is 5.78 Å². The normalized spacial score (nSPS) is 10.5. The van der Waals surface area contributed by atoms with Crippen LogP contribution in [0.2, 0.25) is 0 Å². The van der Waals surface area contributed by atoms with Gasteiger partial charge in [-0.05, 0) is 37.3 Å². The molecule has 0 saturated heterocycles. The standard InChI is InChI=1S/C21H18N2O5/c1-2-28-21(27)17-11-14(19(25)16-8-3-4-9-18(16)24)12-23(20(17)26)13-15-7-5-6-10-22-15/h3-12,24H,2,13H2,1H3. The molecule has 0 saturated carbocycles. The van der Waals surface area contributed by atoms with Crippen molar-refractivity contribution in [3.05, 3.63) is 93.7 Å². The summed E-state index contributed by atoms with van der Waals surface area (Å²) >= 11 is 0. The number of carbonyl (C=O) groups is 2. The molecule has 0 aliphatic carbocycles. The van der Waals surface area contributed by atoms with Gasteiger partial charge in [0.2, 0.25) is 0 Å². The molecule has 0 bridgehead atoms. The number of hydrogen-bond donors (Lipinski definition) is 1. The number of para-hydroxylation sites is 1. The van der Waals surface area contributed by atoms with Crippen molar-refractivity contribution in [1.29, 1.82) is 0 Å². The number of phenolic OH excluding ortho intramolecular Hbond substituents is 1. The third-order valence-corrected chi connectivity index (χ3v) is 4.05. The number of hydrogen-bond acceptors (Lipinski definition) is 6. The molecule has 142 valence electrons. The van der Waals surface area contributed by atoms with E-state index >= 15 is 0 Å². The summed E-state index contributed by atoms with van der Waals surface area (Å²) in [5.74, 6) is -1.51. The van der Waals surface area contributed by atoms with Crippen molar-refractivity contribution in [2.24, 2.45) is 0 Å². The maximum absolute atomic E-state index is 12.9. The van der Waals surface area contributed by atoms with E-state index in [9.17, 15) is 19.5 Å². The van der Waals surface area contributed by atoms with Crippen LogP contribution in [0.5, 0.6) is 5.75 Å². The fourth-order valence-electron chi connectivity index (χ4n) is 2.72. The topological polar surface area (TPSA) is 98.5 Å². The van der Waals surface area contributed by atoms with Crippen LogP contribution in [0.25, 0.3) is 0 Å². The number of esters is 1. The Hall–Kier alpha value is -3.74. The molecule has 3 rings (SSSR count). The Kier molecular flexibility index (Phi) is 5.64. The minimum absolute atomic E-state index is 0.0698. The van der Waals surface area contributed by atoms with Gasteiger partial charge >= 0.3 is 5.97 Å². The number of aromatic nitrogens is 2. The van der Waals surface area contributed by atoms with E-state index in [4.69, 9.17) is 4.74 Å². The number of aromatic hydroxyl groups is 1. The monoisotopic (exact) mass is 378 g/mol. The summed E-state index contributed by atoms with van der Waals surface area (Å²) in [6.07, 6.45) is 2.94. The zero-order chi connectivity index (χ0) is 20.1. The van der Waals surface area contributed by atoms with Crippen LogP contribution in [0.3, 0.4) is 0 Å². The summed E-state index contributed by atoms with van der Waals surface area (Å²) in [6, 6.07) is 12.5. The van der Waals surface area contributed by atoms with Crippen molar-refractivity contribution in [1.82, 2.24) is 9.55 Å². The molecule has 2 aromatic heterocycles. The quantitative estimate of drug-likeness (QED) is 0.522. The Morgan fingerprint density at radius 3 is 2.54 bits per heavy atom. The van der Waals surface area contributed by atoms with Crippen molar-refractivity contribution >= 4 is 11.8 Å². The molecule has 2 heterocycles. The Bertz CT molecular complexity index is 1070. The highest BCUT2D eigenvalue weighted by Crippen LogP contribution is 2.20. The molecule has 0 unspecified atom stereocenters. The minimum Gasteiger partial charge on any atom is -0.507 e. The van der Waals surface area contributed by atoms with Gasteiger partial charge in [-0.15, -0.1) is 0 Å². The van der Waals surface area contributed by atoms with Crippen molar-refractivity contribution in [2.45, 2.75) is 13.5 Å². The molecule has 3 aromatic rings. The number of phenols is 1. The molecule has 28 heavy (non-hydrogen) atoms. The van der Waals surface area contributed by atoms with E-state index in [0.717, 1.165) is 0 Å². The first-order chi connectivity index (χ1) is 13.5. The van der Waals surface area contributed by atoms with Crippen LogP contribution < -0.4 is 5.56 Å². The lowest BCUT2D eigenvalue weighted by Crippen LogP contribution is -2.29. The number of nitrogens with zero attached hydrogens (tertiary/aromatic N) is 2. The average molecular weight is 378 g/mol. The Morgan fingerprint density at radius 1 is 1.11 bits per heavy atom. The lowest BCUT2D eigenvalue weighted by atomic mass is 10.0. The van der Waals surface area contributed by atoms with E-state index in [1.54, 1.807) is 43.5 Å². The van der Waals surface area contributed by atoms with Gasteiger partial charge in [-0.25, -0.2) is 4.79 Å². The van der Waals surface area contributed by atoms with E-state index in [2.05, 4.69) is 4.98 Å². The lowest BCUT2D eigenvalue weighted by molar-refractivity contribution is 0.0523. The highest BCUT2D eigenvalue weighted by molar-refractivity contribution is 6.11. The van der Waals surface area contributed by atoms with Gasteiger partial charge in [-0.2, -0.15) is 0 Å². The second-order valence-corrected chi connectivity index (χ2v) is 5.96. The van der Waals surface area contributed by atoms with Gasteiger partial charge in [0.05, 0.1) is 24.4 Å². The third kappa shape index (κ3) is 3.98. The minimum atomic E-state index is -0.811. The van der Waals surface area contributed by atoms with Crippen molar-refractivity contribution < 1.29 is 19.4 Å². The average Bonchev–Trinajstić information content (AvgIpc) is 2.70. The molecule has 7 heteroatoms. The molecule has 0 amide bonds. The van der Waals surface area contributed by atoms with E-state index < -0.39 is 17.3 Å². The molecule has 0 aliphatic rings. The Morgan fingerprint density at radius 2 is 1.86 bits per heavy atom. The predicted molar refractivity (Wildman–Crippen MR) is 102 cm³/mol. The van der Waals surface area contributed by atoms with Crippen molar-refractivity contribution in [3.8, 4) is 5.75 Å². The maximum Gasteiger partial charge on any atom is 0.343 e. The van der Waals surface area contributed by atoms with Crippen LogP contribution in [0.4, 0.5) is 0 Å². The molecule has 1 aromatic carbocycles. The SMILES string of the molecule is CCOC(=O)c1cc(C(=O)c2ccccc2O)cn(Cc2ccccn2)c1=O. The highest BCUT2D eigenvalue weighted by Gasteiger charge is 2.21. The summed E-state index contributed by atoms with van der Waals surface area (Å²) in [7, 11) is 0. The molecular formula is C21H18N2O5. The van der Waals surface area contributed by atoms with Gasteiger partial charge in [-0.1, -0.05) is 18.2 Å². The third-order valence-electron chi connectivity index (χ3n) is 4.05. The summed E-state index contributed by atoms with van der Waals surface area (Å²) in [4.78, 5) is 42.0. The van der Waals surface area contributed by atoms with Gasteiger partial charge in [0.1, 0.15) is 11.3 Å². The molecule has 0 radical (unpaired) electrons. The number of ether oxygens (including phenoxy) is 1. The molecule has 1 N–H and O–H groups in total. The lowest BCUT2D eigenvalue weighted by Gasteiger charge is -2.11. The summed E-state index contributed by atoms with van der Waals surface area (Å²) < 4.78 is 6.19. The van der Waals surface area contributed by atoms with Crippen LogP contribution in [-0.2, 0) is 11.3 Å². The first-order valence-electron chi connectivity index (χ1n) is 8.65. The van der Waals surface area contributed by atoms with Gasteiger partial charge in [0, 0.05) is 18.0 Å². The number of ketones is 1. The van der Waals surface area contributed by atoms with Crippen LogP contribution >= 0.6 is 0 Å². The van der Waals surface area contributed by atoms with Gasteiger partial charge in [0.25, 0.3) is 5.56 Å². The van der Waals surface area contributed by atoms with E-state index in [0.29, 0.717) is 5.69 Å². The summed E-state index contributed by atoms with van der Waals surface area (Å²) in [5, 5.41) is 9.97. The molecule has 0 fully saturated rings. The summed E-state index contributed by atoms with van der Waals surface area (Å²) in [5.41, 5.74) is -0.0935. The molecule has 0 aliphatic heterocycles. The van der Waals surface area contributed by atoms with Gasteiger partial charge < -0.3 is 14.4 Å². The maximum atomic E-state index is 12.9. The highest BCUT2D eigenvalue weighted by atomic mass is 16.5. The first kappa shape index (κ1) is 19.0. The second-order valence-electron chi connectivity index (χ2n) is 5.96. The zero-order valence-corrected chi connectivity index (χ0v) is 15.2. The van der Waals surface area contributed by atoms with E-state index in [1.165, 1.54) is 29.0 Å². The number of carbonyl (C=O) groups excluding carboxylic acids is 2. The zero-order valence-electron chi connectivity index (χ0n) is 15.2. The van der Waals surface area contributed by atoms with Crippen LogP contribution in [0.15, 0.2) is 65.7 Å². The predicted octanol–water partition coefficient (Wildman–Crippen LogP) is 2.40. The van der Waals surface area contributed by atoms with Gasteiger partial charge in [-0.3, -0.25) is 14.6 Å². The Labute approximate surface area is 160 Å². The van der Waals surface area contributed by atoms with Crippen LogP contribution in [0, 0.1) is 0 Å². The van der Waals surface area contributed by atoms with E-state index in [1.807, 2.05) is 0 Å². The molecular weight excluding hydrogens is 360 g/mol. The Balaban J connectivity index is 2.12. The number of rotatable bonds is 6. The molecule has 0 atom stereocenters. The van der Waals surface area contributed by atoms with Crippen molar-refractivity contribution in [3.63, 3.8) is 0 Å². The smallest absolute Gasteiger partial charge is 0.343 e. The first-order valence-corrected chi connectivity index (χ1v) is 8.65. The fourth-order valence-corrected chi connectivity index (χ4v) is 2.72. The molecule has 7 nitrogen and oxygen atoms in total.